The quantitative estimate of drug-likeness (QED) is 0.135. The summed E-state index contributed by atoms with van der Waals surface area (Å²) >= 11 is 1.78. The van der Waals surface area contributed by atoms with Crippen molar-refractivity contribution < 1.29 is 19.4 Å². The van der Waals surface area contributed by atoms with Gasteiger partial charge in [-0.3, -0.25) is 9.78 Å². The number of benzene rings is 2. The van der Waals surface area contributed by atoms with Crippen molar-refractivity contribution in [2.24, 2.45) is 5.41 Å². The molecule has 2 aromatic carbocycles. The molecule has 5 aromatic rings. The summed E-state index contributed by atoms with van der Waals surface area (Å²) in [6.45, 7) is 11.2. The minimum Gasteiger partial charge on any atom is -0.487 e. The third-order valence-corrected chi connectivity index (χ3v) is 9.74. The second-order valence-corrected chi connectivity index (χ2v) is 15.9. The first kappa shape index (κ1) is 32.6. The van der Waals surface area contributed by atoms with E-state index in [2.05, 4.69) is 78.9 Å². The van der Waals surface area contributed by atoms with Crippen molar-refractivity contribution in [3.63, 3.8) is 0 Å². The summed E-state index contributed by atoms with van der Waals surface area (Å²) in [7, 11) is 1.61. The first-order valence-electron chi connectivity index (χ1n) is 16.2. The van der Waals surface area contributed by atoms with Gasteiger partial charge in [-0.05, 0) is 74.2 Å². The van der Waals surface area contributed by atoms with Crippen LogP contribution in [0.1, 0.15) is 76.0 Å². The highest BCUT2D eigenvalue weighted by atomic mass is 32.2. The number of nitrogens with zero attached hydrogens (tertiary/aromatic N) is 3. The van der Waals surface area contributed by atoms with Crippen molar-refractivity contribution in [2.45, 2.75) is 82.6 Å². The van der Waals surface area contributed by atoms with Gasteiger partial charge in [-0.15, -0.1) is 11.8 Å². The number of carboxylic acids is 1. The van der Waals surface area contributed by atoms with E-state index in [1.54, 1.807) is 32.7 Å². The third kappa shape index (κ3) is 7.65. The van der Waals surface area contributed by atoms with Crippen molar-refractivity contribution in [2.75, 3.05) is 7.11 Å². The largest absolute Gasteiger partial charge is 0.487 e. The highest BCUT2D eigenvalue weighted by Gasteiger charge is 2.33. The van der Waals surface area contributed by atoms with Crippen LogP contribution in [0.15, 0.2) is 83.9 Å². The van der Waals surface area contributed by atoms with Crippen LogP contribution in [0, 0.1) is 5.41 Å². The van der Waals surface area contributed by atoms with Gasteiger partial charge in [-0.2, -0.15) is 0 Å². The van der Waals surface area contributed by atoms with Gasteiger partial charge in [0.25, 0.3) is 0 Å². The van der Waals surface area contributed by atoms with Crippen LogP contribution in [-0.2, 0) is 24.4 Å². The summed E-state index contributed by atoms with van der Waals surface area (Å²) in [5.74, 6) is 1.12. The lowest BCUT2D eigenvalue weighted by Gasteiger charge is -2.24. The number of carbonyl (C=O) groups is 1. The van der Waals surface area contributed by atoms with Crippen molar-refractivity contribution >= 4 is 28.6 Å². The number of rotatable bonds is 12. The molecule has 0 amide bonds. The monoisotopic (exact) mass is 649 g/mol. The number of aliphatic carboxylic acids is 1. The lowest BCUT2D eigenvalue weighted by atomic mass is 9.88. The summed E-state index contributed by atoms with van der Waals surface area (Å²) in [4.78, 5) is 22.7. The van der Waals surface area contributed by atoms with Gasteiger partial charge in [0.1, 0.15) is 12.4 Å². The molecule has 8 heteroatoms. The number of aromatic nitrogens is 3. The van der Waals surface area contributed by atoms with E-state index in [0.717, 1.165) is 55.3 Å². The maximum absolute atomic E-state index is 12.4. The van der Waals surface area contributed by atoms with Crippen LogP contribution in [0.3, 0.4) is 0 Å². The van der Waals surface area contributed by atoms with Crippen molar-refractivity contribution in [3.8, 4) is 22.8 Å². The van der Waals surface area contributed by atoms with E-state index < -0.39 is 11.4 Å². The number of hydrogen-bond donors (Lipinski definition) is 1. The minimum absolute atomic E-state index is 0.0979. The Hall–Kier alpha value is -4.30. The maximum atomic E-state index is 12.4. The number of methoxy groups -OCH3 is 1. The first-order chi connectivity index (χ1) is 22.4. The van der Waals surface area contributed by atoms with E-state index in [1.165, 1.54) is 12.8 Å². The zero-order valence-corrected chi connectivity index (χ0v) is 28.9. The smallest absolute Gasteiger partial charge is 0.309 e. The van der Waals surface area contributed by atoms with Crippen molar-refractivity contribution in [1.82, 2.24) is 14.5 Å². The molecule has 0 bridgehead atoms. The highest BCUT2D eigenvalue weighted by molar-refractivity contribution is 8.00. The number of thioether (sulfide) groups is 1. The topological polar surface area (TPSA) is 86.5 Å². The molecule has 0 saturated heterocycles. The number of ether oxygens (including phenoxy) is 2. The van der Waals surface area contributed by atoms with Gasteiger partial charge in [0.05, 0.1) is 18.2 Å². The zero-order valence-electron chi connectivity index (χ0n) is 28.0. The Kier molecular flexibility index (Phi) is 9.07. The van der Waals surface area contributed by atoms with Gasteiger partial charge >= 0.3 is 5.97 Å². The van der Waals surface area contributed by atoms with Gasteiger partial charge in [0.15, 0.2) is 0 Å². The summed E-state index contributed by atoms with van der Waals surface area (Å²) in [5.41, 5.74) is 6.40. The number of pyridine rings is 2. The third-order valence-electron chi connectivity index (χ3n) is 8.47. The maximum Gasteiger partial charge on any atom is 0.309 e. The fourth-order valence-corrected chi connectivity index (χ4v) is 6.90. The molecule has 3 heterocycles. The number of carboxylic acid groups (broad SMARTS) is 1. The Morgan fingerprint density at radius 3 is 2.36 bits per heavy atom. The standard InChI is InChI=1S/C39H43N3O4S/c1-38(2,3)47-36-31-20-30(46-24-29-8-7-9-32(41-29)27-14-15-27)17-18-33(31)42(34(36)21-39(4,5)37(43)44)23-25-10-12-26(13-11-25)28-16-19-35(45-6)40-22-28/h7-13,16-20,22,27H,14-15,21,23-24H2,1-6H3,(H,43,44). The van der Waals surface area contributed by atoms with Gasteiger partial charge in [-0.1, -0.05) is 51.1 Å². The predicted molar refractivity (Wildman–Crippen MR) is 189 cm³/mol. The molecule has 0 atom stereocenters. The fourth-order valence-electron chi connectivity index (χ4n) is 5.72. The molecule has 244 valence electrons. The Balaban J connectivity index is 1.38. The van der Waals surface area contributed by atoms with Gasteiger partial charge < -0.3 is 19.1 Å². The van der Waals surface area contributed by atoms with Crippen LogP contribution in [0.5, 0.6) is 11.6 Å². The SMILES string of the molecule is COc1ccc(-c2ccc(Cn3c(CC(C)(C)C(=O)O)c(SC(C)(C)C)c4cc(OCc5cccc(C6CC6)n5)ccc43)cc2)cn1. The molecule has 1 aliphatic carbocycles. The normalized spacial score (nSPS) is 13.6. The number of hydrogen-bond acceptors (Lipinski definition) is 6. The summed E-state index contributed by atoms with van der Waals surface area (Å²) in [6, 6.07) is 24.8. The lowest BCUT2D eigenvalue weighted by molar-refractivity contribution is -0.146. The molecular weight excluding hydrogens is 607 g/mol. The van der Waals surface area contributed by atoms with E-state index in [9.17, 15) is 9.90 Å². The van der Waals surface area contributed by atoms with Crippen LogP contribution < -0.4 is 9.47 Å². The molecule has 0 spiro atoms. The second kappa shape index (κ2) is 13.1. The van der Waals surface area contributed by atoms with Crippen LogP contribution in [-0.4, -0.2) is 37.5 Å². The van der Waals surface area contributed by atoms with E-state index in [4.69, 9.17) is 14.5 Å². The molecule has 0 radical (unpaired) electrons. The molecular formula is C39H43N3O4S. The molecule has 0 aliphatic heterocycles. The molecule has 1 saturated carbocycles. The van der Waals surface area contributed by atoms with Crippen LogP contribution in [0.25, 0.3) is 22.0 Å². The molecule has 6 rings (SSSR count). The molecule has 0 unspecified atom stereocenters. The first-order valence-corrected chi connectivity index (χ1v) is 17.0. The molecule has 1 aliphatic rings. The molecule has 1 fully saturated rings. The van der Waals surface area contributed by atoms with E-state index in [0.29, 0.717) is 31.4 Å². The molecule has 1 N–H and O–H groups in total. The van der Waals surface area contributed by atoms with Crippen molar-refractivity contribution in [3.05, 3.63) is 102 Å². The molecule has 47 heavy (non-hydrogen) atoms. The Morgan fingerprint density at radius 2 is 1.72 bits per heavy atom. The Labute approximate surface area is 281 Å². The van der Waals surface area contributed by atoms with Crippen molar-refractivity contribution in [1.29, 1.82) is 0 Å². The zero-order chi connectivity index (χ0) is 33.3. The Bertz CT molecular complexity index is 1890. The summed E-state index contributed by atoms with van der Waals surface area (Å²) < 4.78 is 13.7. The van der Waals surface area contributed by atoms with E-state index in [-0.39, 0.29) is 4.75 Å². The van der Waals surface area contributed by atoms with E-state index in [1.807, 2.05) is 30.5 Å². The van der Waals surface area contributed by atoms with Gasteiger partial charge in [0, 0.05) is 68.6 Å². The average molecular weight is 650 g/mol. The average Bonchev–Trinajstić information content (AvgIpc) is 3.87. The molecule has 7 nitrogen and oxygen atoms in total. The predicted octanol–water partition coefficient (Wildman–Crippen LogP) is 9.16. The summed E-state index contributed by atoms with van der Waals surface area (Å²) in [5, 5.41) is 11.2. The number of fused-ring (bicyclic) bond motifs is 1. The van der Waals surface area contributed by atoms with Crippen LogP contribution in [0.4, 0.5) is 0 Å². The van der Waals surface area contributed by atoms with Gasteiger partial charge in [-0.25, -0.2) is 4.98 Å². The van der Waals surface area contributed by atoms with Gasteiger partial charge in [0.2, 0.25) is 5.88 Å². The highest BCUT2D eigenvalue weighted by Crippen LogP contribution is 2.44. The summed E-state index contributed by atoms with van der Waals surface area (Å²) in [6.07, 6.45) is 4.63. The fraction of sp³-hybridized carbons (Fsp3) is 0.359. The van der Waals surface area contributed by atoms with Crippen LogP contribution in [0.2, 0.25) is 0 Å². The lowest BCUT2D eigenvalue weighted by Crippen LogP contribution is -2.28. The van der Waals surface area contributed by atoms with E-state index >= 15 is 0 Å². The molecule has 3 aromatic heterocycles. The second-order valence-electron chi connectivity index (χ2n) is 14.0. The minimum atomic E-state index is -0.956. The van der Waals surface area contributed by atoms with Crippen LogP contribution >= 0.6 is 11.8 Å². The Morgan fingerprint density at radius 1 is 0.979 bits per heavy atom.